The molecule has 0 saturated carbocycles. The van der Waals surface area contributed by atoms with Crippen molar-refractivity contribution in [3.63, 3.8) is 0 Å². The van der Waals surface area contributed by atoms with E-state index in [4.69, 9.17) is 0 Å². The molecule has 0 aliphatic carbocycles. The van der Waals surface area contributed by atoms with Crippen molar-refractivity contribution < 1.29 is 9.59 Å². The van der Waals surface area contributed by atoms with Gasteiger partial charge in [-0.3, -0.25) is 9.59 Å². The summed E-state index contributed by atoms with van der Waals surface area (Å²) in [6, 6.07) is 16.8. The van der Waals surface area contributed by atoms with E-state index < -0.39 is 0 Å². The van der Waals surface area contributed by atoms with Crippen molar-refractivity contribution in [2.75, 3.05) is 0 Å². The molecule has 0 bridgehead atoms. The molecular weight excluding hydrogens is 224 g/mol. The number of allylic oxidation sites excluding steroid dienone is 1. The van der Waals surface area contributed by atoms with Crippen molar-refractivity contribution in [3.05, 3.63) is 77.4 Å². The molecule has 2 heteroatoms. The lowest BCUT2D eigenvalue weighted by atomic mass is 9.94. The quantitative estimate of drug-likeness (QED) is 0.603. The molecule has 0 N–H and O–H groups in total. The van der Waals surface area contributed by atoms with Gasteiger partial charge in [-0.15, -0.1) is 0 Å². The van der Waals surface area contributed by atoms with Crippen LogP contribution >= 0.6 is 0 Å². The van der Waals surface area contributed by atoms with E-state index in [1.54, 1.807) is 12.1 Å². The van der Waals surface area contributed by atoms with Crippen LogP contribution in [0.2, 0.25) is 0 Å². The second kappa shape index (κ2) is 5.73. The first kappa shape index (κ1) is 12.0. The maximum Gasteiger partial charge on any atom is 0.150 e. The summed E-state index contributed by atoms with van der Waals surface area (Å²) >= 11 is 0. The van der Waals surface area contributed by atoms with Gasteiger partial charge in [0.1, 0.15) is 6.29 Å². The summed E-state index contributed by atoms with van der Waals surface area (Å²) in [6.45, 7) is 0. The van der Waals surface area contributed by atoms with E-state index in [1.165, 1.54) is 6.08 Å². The third-order valence-electron chi connectivity index (χ3n) is 2.70. The minimum absolute atomic E-state index is 0.578. The van der Waals surface area contributed by atoms with Crippen LogP contribution in [0.4, 0.5) is 0 Å². The van der Waals surface area contributed by atoms with Crippen molar-refractivity contribution in [1.82, 2.24) is 0 Å². The van der Waals surface area contributed by atoms with Crippen molar-refractivity contribution in [1.29, 1.82) is 0 Å². The third-order valence-corrected chi connectivity index (χ3v) is 2.70. The molecule has 2 nitrogen and oxygen atoms in total. The summed E-state index contributed by atoms with van der Waals surface area (Å²) in [7, 11) is 0. The maximum atomic E-state index is 11.1. The Bertz CT molecular complexity index is 583. The summed E-state index contributed by atoms with van der Waals surface area (Å²) in [5.41, 5.74) is 3.02. The highest BCUT2D eigenvalue weighted by molar-refractivity contribution is 5.95. The highest BCUT2D eigenvalue weighted by Gasteiger charge is 2.08. The first-order valence-electron chi connectivity index (χ1n) is 5.62. The molecule has 18 heavy (non-hydrogen) atoms. The summed E-state index contributed by atoms with van der Waals surface area (Å²) in [4.78, 5) is 21.8. The zero-order valence-electron chi connectivity index (χ0n) is 9.74. The molecule has 2 rings (SSSR count). The SMILES string of the molecule is O=C/C=C(\c1ccccc1)c1ccccc1C=O. The van der Waals surface area contributed by atoms with E-state index in [9.17, 15) is 9.59 Å². The second-order valence-electron chi connectivity index (χ2n) is 3.79. The van der Waals surface area contributed by atoms with Crippen LogP contribution in [-0.2, 0) is 4.79 Å². The number of aldehydes is 2. The van der Waals surface area contributed by atoms with E-state index in [0.29, 0.717) is 5.56 Å². The van der Waals surface area contributed by atoms with E-state index in [1.807, 2.05) is 42.5 Å². The number of carbonyl (C=O) groups is 2. The van der Waals surface area contributed by atoms with Crippen LogP contribution in [0.3, 0.4) is 0 Å². The monoisotopic (exact) mass is 236 g/mol. The van der Waals surface area contributed by atoms with E-state index in [2.05, 4.69) is 0 Å². The van der Waals surface area contributed by atoms with Gasteiger partial charge in [-0.1, -0.05) is 54.6 Å². The van der Waals surface area contributed by atoms with Crippen LogP contribution in [0.25, 0.3) is 5.57 Å². The van der Waals surface area contributed by atoms with Gasteiger partial charge in [0.2, 0.25) is 0 Å². The lowest BCUT2D eigenvalue weighted by Gasteiger charge is -2.09. The zero-order chi connectivity index (χ0) is 12.8. The fraction of sp³-hybridized carbons (Fsp3) is 0. The Morgan fingerprint density at radius 2 is 1.50 bits per heavy atom. The number of carbonyl (C=O) groups excluding carboxylic acids is 2. The van der Waals surface area contributed by atoms with Gasteiger partial charge < -0.3 is 0 Å². The molecular formula is C16H12O2. The van der Waals surface area contributed by atoms with Gasteiger partial charge in [-0.05, 0) is 22.8 Å². The molecule has 0 amide bonds. The average Bonchev–Trinajstić information content (AvgIpc) is 2.46. The smallest absolute Gasteiger partial charge is 0.150 e. The molecule has 0 aliphatic rings. The molecule has 0 aliphatic heterocycles. The van der Waals surface area contributed by atoms with Gasteiger partial charge in [-0.25, -0.2) is 0 Å². The molecule has 0 aromatic heterocycles. The zero-order valence-corrected chi connectivity index (χ0v) is 9.74. The van der Waals surface area contributed by atoms with Crippen molar-refractivity contribution in [2.45, 2.75) is 0 Å². The van der Waals surface area contributed by atoms with Gasteiger partial charge in [0.15, 0.2) is 6.29 Å². The largest absolute Gasteiger partial charge is 0.299 e. The third kappa shape index (κ3) is 2.43. The molecule has 0 spiro atoms. The molecule has 2 aromatic rings. The maximum absolute atomic E-state index is 11.1. The summed E-state index contributed by atoms with van der Waals surface area (Å²) < 4.78 is 0. The number of benzene rings is 2. The Labute approximate surface area is 106 Å². The highest BCUT2D eigenvalue weighted by Crippen LogP contribution is 2.25. The number of rotatable bonds is 4. The van der Waals surface area contributed by atoms with Crippen LogP contribution in [0.15, 0.2) is 60.7 Å². The molecule has 0 radical (unpaired) electrons. The average molecular weight is 236 g/mol. The summed E-state index contributed by atoms with van der Waals surface area (Å²) in [5.74, 6) is 0. The molecule has 0 fully saturated rings. The lowest BCUT2D eigenvalue weighted by molar-refractivity contribution is -0.104. The minimum atomic E-state index is 0.578. The molecule has 0 saturated heterocycles. The lowest BCUT2D eigenvalue weighted by Crippen LogP contribution is -1.94. The normalized spacial score (nSPS) is 11.0. The van der Waals surface area contributed by atoms with Gasteiger partial charge >= 0.3 is 0 Å². The second-order valence-corrected chi connectivity index (χ2v) is 3.79. The minimum Gasteiger partial charge on any atom is -0.299 e. The predicted molar refractivity (Wildman–Crippen MR) is 71.4 cm³/mol. The van der Waals surface area contributed by atoms with Gasteiger partial charge in [-0.2, -0.15) is 0 Å². The Morgan fingerprint density at radius 3 is 2.17 bits per heavy atom. The number of hydrogen-bond acceptors (Lipinski definition) is 2. The van der Waals surface area contributed by atoms with E-state index in [0.717, 1.165) is 29.3 Å². The highest BCUT2D eigenvalue weighted by atomic mass is 16.1. The summed E-state index contributed by atoms with van der Waals surface area (Å²) in [6.07, 6.45) is 3.03. The summed E-state index contributed by atoms with van der Waals surface area (Å²) in [5, 5.41) is 0. The Morgan fingerprint density at radius 1 is 0.833 bits per heavy atom. The topological polar surface area (TPSA) is 34.1 Å². The molecule has 88 valence electrons. The predicted octanol–water partition coefficient (Wildman–Crippen LogP) is 3.13. The first-order chi connectivity index (χ1) is 8.86. The molecule has 2 aromatic carbocycles. The Balaban J connectivity index is 2.60. The Hall–Kier alpha value is -2.48. The van der Waals surface area contributed by atoms with E-state index >= 15 is 0 Å². The fourth-order valence-corrected chi connectivity index (χ4v) is 1.87. The van der Waals surface area contributed by atoms with Crippen LogP contribution in [-0.4, -0.2) is 12.6 Å². The van der Waals surface area contributed by atoms with Crippen LogP contribution in [0.5, 0.6) is 0 Å². The van der Waals surface area contributed by atoms with Crippen LogP contribution in [0.1, 0.15) is 21.5 Å². The number of hydrogen-bond donors (Lipinski definition) is 0. The van der Waals surface area contributed by atoms with Gasteiger partial charge in [0.25, 0.3) is 0 Å². The Kier molecular flexibility index (Phi) is 3.82. The van der Waals surface area contributed by atoms with Crippen molar-refractivity contribution in [3.8, 4) is 0 Å². The molecule has 0 unspecified atom stereocenters. The molecule has 0 atom stereocenters. The molecule has 0 heterocycles. The van der Waals surface area contributed by atoms with Crippen LogP contribution < -0.4 is 0 Å². The standard InChI is InChI=1S/C16H12O2/c17-11-10-16(13-6-2-1-3-7-13)15-9-5-4-8-14(15)12-18/h1-12H/b16-10+. The van der Waals surface area contributed by atoms with Gasteiger partial charge in [0.05, 0.1) is 0 Å². The van der Waals surface area contributed by atoms with Crippen LogP contribution in [0, 0.1) is 0 Å². The van der Waals surface area contributed by atoms with Gasteiger partial charge in [0, 0.05) is 5.56 Å². The fourth-order valence-electron chi connectivity index (χ4n) is 1.87. The first-order valence-corrected chi connectivity index (χ1v) is 5.62. The van der Waals surface area contributed by atoms with E-state index in [-0.39, 0.29) is 0 Å². The van der Waals surface area contributed by atoms with Crippen molar-refractivity contribution >= 4 is 18.1 Å². The van der Waals surface area contributed by atoms with Crippen molar-refractivity contribution in [2.24, 2.45) is 0 Å².